The van der Waals surface area contributed by atoms with Crippen LogP contribution in [0.3, 0.4) is 0 Å². The van der Waals surface area contributed by atoms with Crippen LogP contribution in [0.25, 0.3) is 0 Å². The third-order valence-electron chi connectivity index (χ3n) is 2.01. The van der Waals surface area contributed by atoms with Gasteiger partial charge < -0.3 is 10.3 Å². The van der Waals surface area contributed by atoms with Crippen LogP contribution in [0.2, 0.25) is 0 Å². The number of hydrogen-bond donors (Lipinski definition) is 2. The molecular weight excluding hydrogens is 190 g/mol. The molecule has 76 valence electrons. The van der Waals surface area contributed by atoms with Gasteiger partial charge in [0.1, 0.15) is 5.69 Å². The van der Waals surface area contributed by atoms with Crippen LogP contribution in [0, 0.1) is 6.92 Å². The number of amides is 1. The average molecular weight is 201 g/mol. The Kier molecular flexibility index (Phi) is 2.49. The molecule has 0 saturated carbocycles. The fourth-order valence-electron chi connectivity index (χ4n) is 1.30. The molecule has 0 bridgehead atoms. The Labute approximate surface area is 87.4 Å². The van der Waals surface area contributed by atoms with Crippen LogP contribution >= 0.6 is 0 Å². The van der Waals surface area contributed by atoms with Crippen molar-refractivity contribution in [1.82, 2.24) is 9.97 Å². The van der Waals surface area contributed by atoms with Crippen LogP contribution in [0.15, 0.2) is 36.8 Å². The fourth-order valence-corrected chi connectivity index (χ4v) is 1.30. The number of aryl methyl sites for hydroxylation is 1. The van der Waals surface area contributed by atoms with Crippen LogP contribution in [-0.4, -0.2) is 15.9 Å². The van der Waals surface area contributed by atoms with Crippen molar-refractivity contribution in [1.29, 1.82) is 0 Å². The summed E-state index contributed by atoms with van der Waals surface area (Å²) in [5.41, 5.74) is 2.27. The molecule has 0 aliphatic rings. The first-order valence-electron chi connectivity index (χ1n) is 4.62. The lowest BCUT2D eigenvalue weighted by molar-refractivity contribution is 0.102. The average Bonchev–Trinajstić information content (AvgIpc) is 2.70. The first kappa shape index (κ1) is 9.45. The molecule has 2 N–H and O–H groups in total. The van der Waals surface area contributed by atoms with Gasteiger partial charge in [0.2, 0.25) is 0 Å². The summed E-state index contributed by atoms with van der Waals surface area (Å²) in [6.45, 7) is 1.98. The number of nitrogens with zero attached hydrogens (tertiary/aromatic N) is 1. The quantitative estimate of drug-likeness (QED) is 0.780. The van der Waals surface area contributed by atoms with Crippen LogP contribution < -0.4 is 5.32 Å². The summed E-state index contributed by atoms with van der Waals surface area (Å²) in [4.78, 5) is 18.2. The minimum atomic E-state index is -0.207. The van der Waals surface area contributed by atoms with Crippen molar-refractivity contribution in [3.8, 4) is 0 Å². The smallest absolute Gasteiger partial charge is 0.275 e. The van der Waals surface area contributed by atoms with E-state index in [1.807, 2.05) is 31.2 Å². The van der Waals surface area contributed by atoms with Crippen molar-refractivity contribution in [3.05, 3.63) is 48.0 Å². The van der Waals surface area contributed by atoms with E-state index in [9.17, 15) is 4.79 Å². The number of aromatic nitrogens is 2. The topological polar surface area (TPSA) is 57.8 Å². The minimum absolute atomic E-state index is 0.207. The number of aromatic amines is 1. The molecule has 15 heavy (non-hydrogen) atoms. The van der Waals surface area contributed by atoms with Crippen LogP contribution in [0.4, 0.5) is 5.69 Å². The van der Waals surface area contributed by atoms with Crippen molar-refractivity contribution in [3.63, 3.8) is 0 Å². The summed E-state index contributed by atoms with van der Waals surface area (Å²) in [7, 11) is 0. The molecule has 2 aromatic rings. The number of hydrogen-bond acceptors (Lipinski definition) is 2. The Morgan fingerprint density at radius 1 is 1.47 bits per heavy atom. The second-order valence-electron chi connectivity index (χ2n) is 3.28. The number of carbonyl (C=O) groups excluding carboxylic acids is 1. The molecule has 4 heteroatoms. The summed E-state index contributed by atoms with van der Waals surface area (Å²) in [6, 6.07) is 7.63. The molecule has 1 aromatic carbocycles. The van der Waals surface area contributed by atoms with Crippen LogP contribution in [-0.2, 0) is 0 Å². The van der Waals surface area contributed by atoms with Crippen molar-refractivity contribution >= 4 is 11.6 Å². The number of imidazole rings is 1. The van der Waals surface area contributed by atoms with E-state index in [2.05, 4.69) is 15.3 Å². The number of benzene rings is 1. The molecule has 0 unspecified atom stereocenters. The summed E-state index contributed by atoms with van der Waals surface area (Å²) >= 11 is 0. The van der Waals surface area contributed by atoms with E-state index in [0.717, 1.165) is 11.3 Å². The van der Waals surface area contributed by atoms with Gasteiger partial charge in [-0.15, -0.1) is 0 Å². The molecule has 0 aliphatic carbocycles. The van der Waals surface area contributed by atoms with Crippen LogP contribution in [0.1, 0.15) is 16.1 Å². The Morgan fingerprint density at radius 2 is 2.33 bits per heavy atom. The largest absolute Gasteiger partial charge is 0.350 e. The van der Waals surface area contributed by atoms with E-state index in [0.29, 0.717) is 5.69 Å². The van der Waals surface area contributed by atoms with Gasteiger partial charge in [-0.05, 0) is 24.6 Å². The van der Waals surface area contributed by atoms with Gasteiger partial charge in [0.25, 0.3) is 5.91 Å². The highest BCUT2D eigenvalue weighted by atomic mass is 16.1. The van der Waals surface area contributed by atoms with E-state index in [1.165, 1.54) is 6.33 Å². The Hall–Kier alpha value is -2.10. The third kappa shape index (κ3) is 2.22. The van der Waals surface area contributed by atoms with Crippen molar-refractivity contribution < 1.29 is 4.79 Å². The minimum Gasteiger partial charge on any atom is -0.350 e. The standard InChI is InChI=1S/C11H11N3O/c1-8-3-2-4-9(5-8)14-11(15)10-6-12-7-13-10/h2-7H,1H3,(H,12,13)(H,14,15). The van der Waals surface area contributed by atoms with E-state index in [1.54, 1.807) is 6.20 Å². The van der Waals surface area contributed by atoms with Crippen molar-refractivity contribution in [2.24, 2.45) is 0 Å². The van der Waals surface area contributed by atoms with Gasteiger partial charge in [-0.3, -0.25) is 4.79 Å². The molecule has 0 saturated heterocycles. The van der Waals surface area contributed by atoms with Crippen LogP contribution in [0.5, 0.6) is 0 Å². The molecule has 1 aromatic heterocycles. The SMILES string of the molecule is Cc1cccc(NC(=O)c2c[nH]cn2)c1. The number of rotatable bonds is 2. The first-order chi connectivity index (χ1) is 7.25. The molecule has 0 atom stereocenters. The maximum Gasteiger partial charge on any atom is 0.275 e. The van der Waals surface area contributed by atoms with Gasteiger partial charge in [0.15, 0.2) is 0 Å². The normalized spacial score (nSPS) is 9.93. The number of anilines is 1. The summed E-state index contributed by atoms with van der Waals surface area (Å²) in [5, 5.41) is 2.76. The maximum absolute atomic E-state index is 11.6. The summed E-state index contributed by atoms with van der Waals surface area (Å²) in [6.07, 6.45) is 3.04. The predicted molar refractivity (Wildman–Crippen MR) is 57.7 cm³/mol. The number of carbonyl (C=O) groups is 1. The van der Waals surface area contributed by atoms with Crippen molar-refractivity contribution in [2.75, 3.05) is 5.32 Å². The monoisotopic (exact) mass is 201 g/mol. The lowest BCUT2D eigenvalue weighted by Crippen LogP contribution is -2.12. The van der Waals surface area contributed by atoms with Crippen molar-refractivity contribution in [2.45, 2.75) is 6.92 Å². The maximum atomic E-state index is 11.6. The summed E-state index contributed by atoms with van der Waals surface area (Å²) < 4.78 is 0. The zero-order chi connectivity index (χ0) is 10.7. The molecule has 2 rings (SSSR count). The first-order valence-corrected chi connectivity index (χ1v) is 4.62. The van der Waals surface area contributed by atoms with Gasteiger partial charge in [-0.25, -0.2) is 4.98 Å². The second kappa shape index (κ2) is 3.96. The van der Waals surface area contributed by atoms with Gasteiger partial charge in [0, 0.05) is 11.9 Å². The third-order valence-corrected chi connectivity index (χ3v) is 2.01. The zero-order valence-electron chi connectivity index (χ0n) is 8.32. The van der Waals surface area contributed by atoms with Gasteiger partial charge in [-0.2, -0.15) is 0 Å². The number of nitrogens with one attached hydrogen (secondary N) is 2. The Balaban J connectivity index is 2.13. The molecule has 1 amide bonds. The molecule has 0 aliphatic heterocycles. The highest BCUT2D eigenvalue weighted by Gasteiger charge is 2.06. The zero-order valence-corrected chi connectivity index (χ0v) is 8.32. The Morgan fingerprint density at radius 3 is 3.00 bits per heavy atom. The lowest BCUT2D eigenvalue weighted by atomic mass is 10.2. The second-order valence-corrected chi connectivity index (χ2v) is 3.28. The van der Waals surface area contributed by atoms with E-state index in [-0.39, 0.29) is 5.91 Å². The highest BCUT2D eigenvalue weighted by Crippen LogP contribution is 2.10. The summed E-state index contributed by atoms with van der Waals surface area (Å²) in [5.74, 6) is -0.207. The Bertz CT molecular complexity index is 462. The fraction of sp³-hybridized carbons (Fsp3) is 0.0909. The number of H-pyrrole nitrogens is 1. The highest BCUT2D eigenvalue weighted by molar-refractivity contribution is 6.02. The van der Waals surface area contributed by atoms with Gasteiger partial charge >= 0.3 is 0 Å². The molecule has 1 heterocycles. The molecule has 0 spiro atoms. The molecule has 0 fully saturated rings. The lowest BCUT2D eigenvalue weighted by Gasteiger charge is -2.03. The molecule has 4 nitrogen and oxygen atoms in total. The predicted octanol–water partition coefficient (Wildman–Crippen LogP) is 1.97. The van der Waals surface area contributed by atoms with E-state index in [4.69, 9.17) is 0 Å². The van der Waals surface area contributed by atoms with E-state index < -0.39 is 0 Å². The molecular formula is C11H11N3O. The molecule has 0 radical (unpaired) electrons. The van der Waals surface area contributed by atoms with Gasteiger partial charge in [-0.1, -0.05) is 12.1 Å². The van der Waals surface area contributed by atoms with Gasteiger partial charge in [0.05, 0.1) is 6.33 Å². The van der Waals surface area contributed by atoms with E-state index >= 15 is 0 Å².